The van der Waals surface area contributed by atoms with Gasteiger partial charge in [-0.3, -0.25) is 4.98 Å². The van der Waals surface area contributed by atoms with Crippen LogP contribution in [0.3, 0.4) is 0 Å². The summed E-state index contributed by atoms with van der Waals surface area (Å²) >= 11 is 0. The second kappa shape index (κ2) is 4.67. The second-order valence-corrected chi connectivity index (χ2v) is 4.24. The predicted molar refractivity (Wildman–Crippen MR) is 68.3 cm³/mol. The number of pyridine rings is 1. The summed E-state index contributed by atoms with van der Waals surface area (Å²) in [6.07, 6.45) is 3.68. The van der Waals surface area contributed by atoms with E-state index < -0.39 is 0 Å². The van der Waals surface area contributed by atoms with Crippen molar-refractivity contribution in [3.8, 4) is 5.69 Å². The average Bonchev–Trinajstić information content (AvgIpc) is 2.58. The molecule has 0 bridgehead atoms. The highest BCUT2D eigenvalue weighted by Crippen LogP contribution is 2.19. The first kappa shape index (κ1) is 11.8. The average molecular weight is 230 g/mol. The molecule has 0 radical (unpaired) electrons. The van der Waals surface area contributed by atoms with Crippen LogP contribution in [0.1, 0.15) is 22.5 Å². The van der Waals surface area contributed by atoms with Crippen molar-refractivity contribution >= 4 is 0 Å². The summed E-state index contributed by atoms with van der Waals surface area (Å²) in [5.41, 5.74) is 5.74. The Labute approximate surface area is 102 Å². The summed E-state index contributed by atoms with van der Waals surface area (Å²) < 4.78 is 1.98. The molecule has 0 saturated carbocycles. The topological polar surface area (TPSA) is 42.7 Å². The van der Waals surface area contributed by atoms with Crippen LogP contribution in [0.4, 0.5) is 0 Å². The molecule has 0 aliphatic rings. The highest BCUT2D eigenvalue weighted by molar-refractivity contribution is 5.41. The number of nitrogens with one attached hydrogen (secondary N) is 1. The van der Waals surface area contributed by atoms with E-state index in [2.05, 4.69) is 29.2 Å². The molecule has 2 aromatic rings. The van der Waals surface area contributed by atoms with Crippen molar-refractivity contribution in [2.24, 2.45) is 0 Å². The van der Waals surface area contributed by atoms with E-state index in [1.165, 1.54) is 16.8 Å². The summed E-state index contributed by atoms with van der Waals surface area (Å²) in [7, 11) is 1.94. The van der Waals surface area contributed by atoms with Crippen LogP contribution in [-0.2, 0) is 6.54 Å². The van der Waals surface area contributed by atoms with Gasteiger partial charge in [0, 0.05) is 18.4 Å². The molecule has 90 valence electrons. The lowest BCUT2D eigenvalue weighted by molar-refractivity contribution is 0.770. The SMILES string of the molecule is CNCc1ccncc1-n1nc(C)c(C)c1C. The summed E-state index contributed by atoms with van der Waals surface area (Å²) in [5, 5.41) is 7.74. The molecule has 1 N–H and O–H groups in total. The zero-order chi connectivity index (χ0) is 12.4. The first-order chi connectivity index (χ1) is 8.15. The Morgan fingerprint density at radius 2 is 2.06 bits per heavy atom. The number of aryl methyl sites for hydroxylation is 1. The highest BCUT2D eigenvalue weighted by Gasteiger charge is 2.11. The minimum Gasteiger partial charge on any atom is -0.316 e. The fourth-order valence-corrected chi connectivity index (χ4v) is 1.90. The third kappa shape index (κ3) is 2.08. The Kier molecular flexibility index (Phi) is 3.24. The van der Waals surface area contributed by atoms with Gasteiger partial charge in [-0.25, -0.2) is 4.68 Å². The molecule has 17 heavy (non-hydrogen) atoms. The Morgan fingerprint density at radius 3 is 2.65 bits per heavy atom. The smallest absolute Gasteiger partial charge is 0.0876 e. The maximum Gasteiger partial charge on any atom is 0.0876 e. The van der Waals surface area contributed by atoms with E-state index in [1.807, 2.05) is 37.1 Å². The highest BCUT2D eigenvalue weighted by atomic mass is 15.3. The largest absolute Gasteiger partial charge is 0.316 e. The normalized spacial score (nSPS) is 10.8. The molecule has 0 aliphatic carbocycles. The molecule has 2 rings (SSSR count). The maximum atomic E-state index is 4.57. The first-order valence-corrected chi connectivity index (χ1v) is 5.76. The Hall–Kier alpha value is -1.68. The molecule has 4 nitrogen and oxygen atoms in total. The molecule has 2 heterocycles. The number of hydrogen-bond acceptors (Lipinski definition) is 3. The minimum absolute atomic E-state index is 0.815. The van der Waals surface area contributed by atoms with Gasteiger partial charge in [-0.2, -0.15) is 5.10 Å². The summed E-state index contributed by atoms with van der Waals surface area (Å²) in [6.45, 7) is 7.04. The molecular weight excluding hydrogens is 212 g/mol. The Balaban J connectivity index is 2.56. The molecule has 2 aromatic heterocycles. The molecule has 0 fully saturated rings. The lowest BCUT2D eigenvalue weighted by Gasteiger charge is -2.10. The van der Waals surface area contributed by atoms with Gasteiger partial charge in [0.1, 0.15) is 0 Å². The van der Waals surface area contributed by atoms with E-state index in [9.17, 15) is 0 Å². The van der Waals surface area contributed by atoms with Crippen molar-refractivity contribution in [2.45, 2.75) is 27.3 Å². The van der Waals surface area contributed by atoms with Gasteiger partial charge in [0.15, 0.2) is 0 Å². The third-order valence-corrected chi connectivity index (χ3v) is 3.14. The van der Waals surface area contributed by atoms with E-state index in [4.69, 9.17) is 0 Å². The predicted octanol–water partition coefficient (Wildman–Crippen LogP) is 1.91. The molecule has 0 saturated heterocycles. The molecule has 0 aliphatic heterocycles. The molecule has 0 atom stereocenters. The van der Waals surface area contributed by atoms with Crippen LogP contribution in [-0.4, -0.2) is 21.8 Å². The van der Waals surface area contributed by atoms with Crippen LogP contribution >= 0.6 is 0 Å². The van der Waals surface area contributed by atoms with Gasteiger partial charge >= 0.3 is 0 Å². The van der Waals surface area contributed by atoms with Crippen molar-refractivity contribution in [3.05, 3.63) is 41.0 Å². The van der Waals surface area contributed by atoms with Gasteiger partial charge in [-0.05, 0) is 45.0 Å². The zero-order valence-electron chi connectivity index (χ0n) is 10.8. The number of nitrogens with zero attached hydrogens (tertiary/aromatic N) is 3. The van der Waals surface area contributed by atoms with Crippen LogP contribution in [0.15, 0.2) is 18.5 Å². The third-order valence-electron chi connectivity index (χ3n) is 3.14. The molecule has 0 spiro atoms. The van der Waals surface area contributed by atoms with Crippen LogP contribution in [0.5, 0.6) is 0 Å². The molecule has 0 aromatic carbocycles. The second-order valence-electron chi connectivity index (χ2n) is 4.24. The van der Waals surface area contributed by atoms with Crippen molar-refractivity contribution in [2.75, 3.05) is 7.05 Å². The fraction of sp³-hybridized carbons (Fsp3) is 0.385. The van der Waals surface area contributed by atoms with Crippen LogP contribution in [0.25, 0.3) is 5.69 Å². The summed E-state index contributed by atoms with van der Waals surface area (Å²) in [6, 6.07) is 2.03. The Bertz CT molecular complexity index is 528. The summed E-state index contributed by atoms with van der Waals surface area (Å²) in [4.78, 5) is 4.20. The summed E-state index contributed by atoms with van der Waals surface area (Å²) in [5.74, 6) is 0. The van der Waals surface area contributed by atoms with Crippen molar-refractivity contribution in [1.82, 2.24) is 20.1 Å². The quantitative estimate of drug-likeness (QED) is 0.876. The molecular formula is C13H18N4. The van der Waals surface area contributed by atoms with Crippen LogP contribution in [0, 0.1) is 20.8 Å². The molecule has 0 unspecified atom stereocenters. The van der Waals surface area contributed by atoms with Gasteiger partial charge in [0.25, 0.3) is 0 Å². The van der Waals surface area contributed by atoms with Gasteiger partial charge in [0.05, 0.1) is 17.6 Å². The zero-order valence-corrected chi connectivity index (χ0v) is 10.8. The molecule has 0 amide bonds. The van der Waals surface area contributed by atoms with Crippen molar-refractivity contribution in [3.63, 3.8) is 0 Å². The standard InChI is InChI=1S/C13H18N4/c1-9-10(2)16-17(11(9)3)13-8-15-6-5-12(13)7-14-4/h5-6,8,14H,7H2,1-4H3. The maximum absolute atomic E-state index is 4.57. The van der Waals surface area contributed by atoms with E-state index in [1.54, 1.807) is 0 Å². The van der Waals surface area contributed by atoms with Gasteiger partial charge in [-0.1, -0.05) is 0 Å². The van der Waals surface area contributed by atoms with Gasteiger partial charge in [-0.15, -0.1) is 0 Å². The van der Waals surface area contributed by atoms with E-state index >= 15 is 0 Å². The Morgan fingerprint density at radius 1 is 1.29 bits per heavy atom. The van der Waals surface area contributed by atoms with E-state index in [-0.39, 0.29) is 0 Å². The van der Waals surface area contributed by atoms with Crippen molar-refractivity contribution < 1.29 is 0 Å². The number of rotatable bonds is 3. The van der Waals surface area contributed by atoms with Crippen LogP contribution < -0.4 is 5.32 Å². The number of aromatic nitrogens is 3. The van der Waals surface area contributed by atoms with Crippen molar-refractivity contribution in [1.29, 1.82) is 0 Å². The van der Waals surface area contributed by atoms with Gasteiger partial charge < -0.3 is 5.32 Å². The lowest BCUT2D eigenvalue weighted by Crippen LogP contribution is -2.11. The number of hydrogen-bond donors (Lipinski definition) is 1. The molecule has 4 heteroatoms. The van der Waals surface area contributed by atoms with E-state index in [0.29, 0.717) is 0 Å². The van der Waals surface area contributed by atoms with Crippen LogP contribution in [0.2, 0.25) is 0 Å². The first-order valence-electron chi connectivity index (χ1n) is 5.76. The monoisotopic (exact) mass is 230 g/mol. The van der Waals surface area contributed by atoms with Gasteiger partial charge in [0.2, 0.25) is 0 Å². The lowest BCUT2D eigenvalue weighted by atomic mass is 10.2. The fourth-order valence-electron chi connectivity index (χ4n) is 1.90. The van der Waals surface area contributed by atoms with E-state index in [0.717, 1.165) is 17.9 Å². The minimum atomic E-state index is 0.815.